The van der Waals surface area contributed by atoms with E-state index < -0.39 is 0 Å². The third-order valence-electron chi connectivity index (χ3n) is 3.53. The van der Waals surface area contributed by atoms with Crippen molar-refractivity contribution in [2.75, 3.05) is 0 Å². The molecule has 0 heterocycles. The molecule has 0 spiro atoms. The van der Waals surface area contributed by atoms with E-state index in [0.29, 0.717) is 0 Å². The predicted octanol–water partition coefficient (Wildman–Crippen LogP) is 1.82. The second-order valence-corrected chi connectivity index (χ2v) is 5.10. The van der Waals surface area contributed by atoms with Gasteiger partial charge in [-0.25, -0.2) is 0 Å². The van der Waals surface area contributed by atoms with Crippen LogP contribution < -0.4 is 11.1 Å². The van der Waals surface area contributed by atoms with Gasteiger partial charge in [0.25, 0.3) is 0 Å². The lowest BCUT2D eigenvalue weighted by atomic mass is 9.78. The van der Waals surface area contributed by atoms with Crippen LogP contribution in [0.2, 0.25) is 0 Å². The number of carbonyl (C=O) groups excluding carboxylic acids is 1. The first-order chi connectivity index (χ1) is 7.85. The second kappa shape index (κ2) is 5.32. The first-order valence-corrected chi connectivity index (χ1v) is 5.96. The first kappa shape index (κ1) is 13.7. The predicted molar refractivity (Wildman–Crippen MR) is 70.7 cm³/mol. The number of carbonyl (C=O) groups is 1. The molecule has 1 aromatic rings. The van der Waals surface area contributed by atoms with Gasteiger partial charge in [0.2, 0.25) is 5.91 Å². The number of hydrogen-bond acceptors (Lipinski definition) is 2. The lowest BCUT2D eigenvalue weighted by Gasteiger charge is -2.34. The number of benzene rings is 1. The fraction of sp³-hybridized carbons (Fsp3) is 0.500. The molecule has 0 saturated carbocycles. The lowest BCUT2D eigenvalue weighted by molar-refractivity contribution is -0.119. The summed E-state index contributed by atoms with van der Waals surface area (Å²) in [5.74, 6) is -0.319. The Morgan fingerprint density at radius 2 is 1.76 bits per heavy atom. The van der Waals surface area contributed by atoms with Crippen LogP contribution in [0.5, 0.6) is 0 Å². The highest BCUT2D eigenvalue weighted by Crippen LogP contribution is 2.26. The Morgan fingerprint density at radius 3 is 2.24 bits per heavy atom. The van der Waals surface area contributed by atoms with Crippen LogP contribution in [-0.2, 0) is 10.2 Å². The summed E-state index contributed by atoms with van der Waals surface area (Å²) in [4.78, 5) is 11.1. The van der Waals surface area contributed by atoms with Crippen LogP contribution in [0.15, 0.2) is 30.3 Å². The van der Waals surface area contributed by atoms with Crippen molar-refractivity contribution in [3.05, 3.63) is 35.9 Å². The van der Waals surface area contributed by atoms with Crippen LogP contribution in [-0.4, -0.2) is 18.0 Å². The molecule has 0 bridgehead atoms. The number of amides is 1. The molecular formula is C14H22N2O. The van der Waals surface area contributed by atoms with E-state index in [2.05, 4.69) is 38.2 Å². The fourth-order valence-corrected chi connectivity index (χ4v) is 1.78. The summed E-state index contributed by atoms with van der Waals surface area (Å²) in [7, 11) is 0. The van der Waals surface area contributed by atoms with Crippen molar-refractivity contribution in [3.8, 4) is 0 Å². The molecule has 0 aliphatic rings. The molecule has 3 heteroatoms. The SMILES string of the molecule is C[C@H](N[C@@H](C)C(C)(C)c1ccccc1)C(N)=O. The highest BCUT2D eigenvalue weighted by molar-refractivity contribution is 5.79. The minimum Gasteiger partial charge on any atom is -0.368 e. The van der Waals surface area contributed by atoms with Gasteiger partial charge in [-0.05, 0) is 19.4 Å². The van der Waals surface area contributed by atoms with Crippen molar-refractivity contribution in [2.24, 2.45) is 5.73 Å². The van der Waals surface area contributed by atoms with Crippen LogP contribution in [0, 0.1) is 0 Å². The number of nitrogens with one attached hydrogen (secondary N) is 1. The van der Waals surface area contributed by atoms with E-state index in [1.807, 2.05) is 18.2 Å². The number of primary amides is 1. The van der Waals surface area contributed by atoms with E-state index in [1.54, 1.807) is 6.92 Å². The molecule has 0 saturated heterocycles. The van der Waals surface area contributed by atoms with Gasteiger partial charge in [0.1, 0.15) is 0 Å². The fourth-order valence-electron chi connectivity index (χ4n) is 1.78. The first-order valence-electron chi connectivity index (χ1n) is 5.96. The summed E-state index contributed by atoms with van der Waals surface area (Å²) < 4.78 is 0. The van der Waals surface area contributed by atoms with Crippen LogP contribution in [0.25, 0.3) is 0 Å². The van der Waals surface area contributed by atoms with Crippen molar-refractivity contribution in [3.63, 3.8) is 0 Å². The molecule has 0 aliphatic carbocycles. The highest BCUT2D eigenvalue weighted by Gasteiger charge is 2.29. The van der Waals surface area contributed by atoms with Gasteiger partial charge in [0, 0.05) is 11.5 Å². The van der Waals surface area contributed by atoms with E-state index >= 15 is 0 Å². The molecule has 3 nitrogen and oxygen atoms in total. The van der Waals surface area contributed by atoms with E-state index in [0.717, 1.165) is 0 Å². The zero-order valence-electron chi connectivity index (χ0n) is 11.0. The molecule has 1 aromatic carbocycles. The number of rotatable bonds is 5. The van der Waals surface area contributed by atoms with E-state index in [9.17, 15) is 4.79 Å². The summed E-state index contributed by atoms with van der Waals surface area (Å²) in [6, 6.07) is 10.1. The van der Waals surface area contributed by atoms with Gasteiger partial charge < -0.3 is 11.1 Å². The molecule has 3 N–H and O–H groups in total. The Balaban J connectivity index is 2.80. The van der Waals surface area contributed by atoms with Gasteiger partial charge in [-0.2, -0.15) is 0 Å². The third-order valence-corrected chi connectivity index (χ3v) is 3.53. The summed E-state index contributed by atoms with van der Waals surface area (Å²) >= 11 is 0. The molecule has 1 rings (SSSR count). The van der Waals surface area contributed by atoms with Crippen molar-refractivity contribution in [2.45, 2.75) is 45.2 Å². The minimum absolute atomic E-state index is 0.0506. The van der Waals surface area contributed by atoms with Crippen LogP contribution in [0.4, 0.5) is 0 Å². The van der Waals surface area contributed by atoms with Crippen molar-refractivity contribution >= 4 is 5.91 Å². The highest BCUT2D eigenvalue weighted by atomic mass is 16.1. The second-order valence-electron chi connectivity index (χ2n) is 5.10. The molecule has 0 unspecified atom stereocenters. The summed E-state index contributed by atoms with van der Waals surface area (Å²) in [6.07, 6.45) is 0. The van der Waals surface area contributed by atoms with Crippen LogP contribution in [0.3, 0.4) is 0 Å². The number of hydrogen-bond donors (Lipinski definition) is 2. The van der Waals surface area contributed by atoms with Crippen molar-refractivity contribution in [1.82, 2.24) is 5.32 Å². The molecule has 94 valence electrons. The van der Waals surface area contributed by atoms with E-state index in [4.69, 9.17) is 5.73 Å². The minimum atomic E-state index is -0.319. The Labute approximate surface area is 103 Å². The Bertz CT molecular complexity index is 373. The Hall–Kier alpha value is -1.35. The summed E-state index contributed by atoms with van der Waals surface area (Å²) in [6.45, 7) is 8.19. The summed E-state index contributed by atoms with van der Waals surface area (Å²) in [5, 5.41) is 3.24. The van der Waals surface area contributed by atoms with E-state index in [1.165, 1.54) is 5.56 Å². The zero-order chi connectivity index (χ0) is 13.1. The largest absolute Gasteiger partial charge is 0.368 e. The average molecular weight is 234 g/mol. The molecule has 0 radical (unpaired) electrons. The Kier molecular flexibility index (Phi) is 4.29. The molecular weight excluding hydrogens is 212 g/mol. The standard InChI is InChI=1S/C14H22N2O/c1-10(13(15)17)16-11(2)14(3,4)12-8-6-5-7-9-12/h5-11,16H,1-4H3,(H2,15,17)/t10-,11-/m0/s1. The van der Waals surface area contributed by atoms with Gasteiger partial charge in [-0.15, -0.1) is 0 Å². The van der Waals surface area contributed by atoms with Crippen molar-refractivity contribution in [1.29, 1.82) is 0 Å². The normalized spacial score (nSPS) is 15.3. The number of nitrogens with two attached hydrogens (primary N) is 1. The quantitative estimate of drug-likeness (QED) is 0.816. The maximum Gasteiger partial charge on any atom is 0.234 e. The average Bonchev–Trinajstić information content (AvgIpc) is 2.29. The molecule has 1 amide bonds. The molecule has 2 atom stereocenters. The zero-order valence-corrected chi connectivity index (χ0v) is 11.0. The topological polar surface area (TPSA) is 55.1 Å². The monoisotopic (exact) mass is 234 g/mol. The lowest BCUT2D eigenvalue weighted by Crippen LogP contribution is -2.50. The van der Waals surface area contributed by atoms with Gasteiger partial charge >= 0.3 is 0 Å². The molecule has 17 heavy (non-hydrogen) atoms. The van der Waals surface area contributed by atoms with Crippen LogP contribution in [0.1, 0.15) is 33.3 Å². The molecule has 0 aromatic heterocycles. The van der Waals surface area contributed by atoms with Gasteiger partial charge in [-0.3, -0.25) is 4.79 Å². The van der Waals surface area contributed by atoms with Gasteiger partial charge in [0.05, 0.1) is 6.04 Å². The smallest absolute Gasteiger partial charge is 0.234 e. The van der Waals surface area contributed by atoms with Gasteiger partial charge in [0.15, 0.2) is 0 Å². The molecule has 0 aliphatic heterocycles. The van der Waals surface area contributed by atoms with Crippen LogP contribution >= 0.6 is 0 Å². The third kappa shape index (κ3) is 3.30. The maximum atomic E-state index is 11.1. The van der Waals surface area contributed by atoms with E-state index in [-0.39, 0.29) is 23.4 Å². The van der Waals surface area contributed by atoms with Crippen molar-refractivity contribution < 1.29 is 4.79 Å². The summed E-state index contributed by atoms with van der Waals surface area (Å²) in [5.41, 5.74) is 6.46. The van der Waals surface area contributed by atoms with Gasteiger partial charge in [-0.1, -0.05) is 44.2 Å². The molecule has 0 fully saturated rings. The maximum absolute atomic E-state index is 11.1. The Morgan fingerprint density at radius 1 is 1.24 bits per heavy atom.